The molecule has 1 unspecified atom stereocenters. The second kappa shape index (κ2) is 8.61. The van der Waals surface area contributed by atoms with Gasteiger partial charge in [0.05, 0.1) is 5.69 Å². The van der Waals surface area contributed by atoms with Crippen LogP contribution in [-0.4, -0.2) is 21.8 Å². The quantitative estimate of drug-likeness (QED) is 0.621. The number of benzene rings is 2. The van der Waals surface area contributed by atoms with Crippen LogP contribution in [0.4, 0.5) is 5.69 Å². The number of anilines is 1. The first-order valence-electron chi connectivity index (χ1n) is 9.16. The zero-order chi connectivity index (χ0) is 21.1. The Bertz CT molecular complexity index is 1120. The minimum atomic E-state index is -0.795. The van der Waals surface area contributed by atoms with E-state index < -0.39 is 6.10 Å². The van der Waals surface area contributed by atoms with Crippen molar-refractivity contribution >= 4 is 27.5 Å². The van der Waals surface area contributed by atoms with Crippen LogP contribution in [0.15, 0.2) is 57.8 Å². The van der Waals surface area contributed by atoms with E-state index in [4.69, 9.17) is 4.74 Å². The number of hydrogen-bond donors (Lipinski definition) is 1. The smallest absolute Gasteiger partial charge is 0.271 e. The van der Waals surface area contributed by atoms with E-state index in [0.717, 1.165) is 21.2 Å². The first-order valence-corrected chi connectivity index (χ1v) is 9.95. The number of amides is 1. The molecule has 0 aliphatic heterocycles. The topological polar surface area (TPSA) is 73.2 Å². The maximum absolute atomic E-state index is 12.5. The molecule has 0 saturated carbocycles. The Kier molecular flexibility index (Phi) is 6.17. The Morgan fingerprint density at radius 1 is 1.03 bits per heavy atom. The molecule has 29 heavy (non-hydrogen) atoms. The van der Waals surface area contributed by atoms with Crippen molar-refractivity contribution in [2.75, 3.05) is 5.32 Å². The van der Waals surface area contributed by atoms with Crippen LogP contribution in [-0.2, 0) is 4.79 Å². The lowest BCUT2D eigenvalue weighted by molar-refractivity contribution is -0.122. The highest BCUT2D eigenvalue weighted by molar-refractivity contribution is 9.10. The van der Waals surface area contributed by atoms with Gasteiger partial charge in [0, 0.05) is 22.3 Å². The Labute approximate surface area is 177 Å². The Morgan fingerprint density at radius 3 is 2.48 bits per heavy atom. The van der Waals surface area contributed by atoms with E-state index in [0.29, 0.717) is 11.4 Å². The molecular formula is C22H22BrN3O3. The van der Waals surface area contributed by atoms with Gasteiger partial charge in [0.25, 0.3) is 11.5 Å². The Balaban J connectivity index is 1.78. The summed E-state index contributed by atoms with van der Waals surface area (Å²) in [4.78, 5) is 24.8. The predicted molar refractivity (Wildman–Crippen MR) is 117 cm³/mol. The molecule has 0 radical (unpaired) electrons. The number of halogens is 1. The molecular weight excluding hydrogens is 434 g/mol. The number of nitrogens with one attached hydrogen (secondary N) is 1. The molecule has 0 spiro atoms. The first-order chi connectivity index (χ1) is 13.7. The molecule has 1 amide bonds. The maximum Gasteiger partial charge on any atom is 0.271 e. The Morgan fingerprint density at radius 2 is 1.79 bits per heavy atom. The predicted octanol–water partition coefficient (Wildman–Crippen LogP) is 4.33. The fourth-order valence-corrected chi connectivity index (χ4v) is 3.21. The number of rotatable bonds is 5. The van der Waals surface area contributed by atoms with E-state index in [1.807, 2.05) is 57.2 Å². The SMILES string of the molecule is Cc1ccc(-n2nc(OC(C)C(=O)Nc3ccc(Br)cc3C)ccc2=O)cc1C. The maximum atomic E-state index is 12.5. The van der Waals surface area contributed by atoms with Crippen molar-refractivity contribution in [3.63, 3.8) is 0 Å². The van der Waals surface area contributed by atoms with Gasteiger partial charge in [0.2, 0.25) is 5.88 Å². The molecule has 3 rings (SSSR count). The van der Waals surface area contributed by atoms with E-state index >= 15 is 0 Å². The molecule has 1 aromatic heterocycles. The first kappa shape index (κ1) is 20.8. The minimum absolute atomic E-state index is 0.193. The molecule has 1 N–H and O–H groups in total. The third kappa shape index (κ3) is 4.92. The second-order valence-corrected chi connectivity index (χ2v) is 7.81. The highest BCUT2D eigenvalue weighted by Gasteiger charge is 2.17. The van der Waals surface area contributed by atoms with Crippen molar-refractivity contribution in [3.8, 4) is 11.6 Å². The van der Waals surface area contributed by atoms with Crippen molar-refractivity contribution < 1.29 is 9.53 Å². The summed E-state index contributed by atoms with van der Waals surface area (Å²) in [5, 5.41) is 7.12. The average molecular weight is 456 g/mol. The monoisotopic (exact) mass is 455 g/mol. The fraction of sp³-hybridized carbons (Fsp3) is 0.227. The van der Waals surface area contributed by atoms with Crippen LogP contribution < -0.4 is 15.6 Å². The third-order valence-electron chi connectivity index (χ3n) is 4.62. The van der Waals surface area contributed by atoms with Crippen molar-refractivity contribution in [1.29, 1.82) is 0 Å². The van der Waals surface area contributed by atoms with E-state index in [2.05, 4.69) is 26.3 Å². The summed E-state index contributed by atoms with van der Waals surface area (Å²) < 4.78 is 7.90. The van der Waals surface area contributed by atoms with Gasteiger partial charge in [-0.25, -0.2) is 0 Å². The standard InChI is InChI=1S/C22H22BrN3O3/c1-13-5-7-18(12-14(13)2)26-21(27)10-9-20(25-26)29-16(4)22(28)24-19-8-6-17(23)11-15(19)3/h5-12,16H,1-4H3,(H,24,28). The summed E-state index contributed by atoms with van der Waals surface area (Å²) in [5.74, 6) is -0.112. The van der Waals surface area contributed by atoms with E-state index in [1.165, 1.54) is 16.8 Å². The normalized spacial score (nSPS) is 11.8. The summed E-state index contributed by atoms with van der Waals surface area (Å²) in [6.45, 7) is 7.52. The molecule has 2 aromatic carbocycles. The van der Waals surface area contributed by atoms with Crippen molar-refractivity contribution in [3.05, 3.63) is 80.0 Å². The van der Waals surface area contributed by atoms with Crippen molar-refractivity contribution in [2.24, 2.45) is 0 Å². The van der Waals surface area contributed by atoms with Crippen molar-refractivity contribution in [2.45, 2.75) is 33.8 Å². The number of aromatic nitrogens is 2. The van der Waals surface area contributed by atoms with Crippen LogP contribution in [0.25, 0.3) is 5.69 Å². The van der Waals surface area contributed by atoms with Crippen LogP contribution in [0.2, 0.25) is 0 Å². The summed E-state index contributed by atoms with van der Waals surface area (Å²) >= 11 is 3.40. The van der Waals surface area contributed by atoms with Gasteiger partial charge in [-0.15, -0.1) is 5.10 Å². The third-order valence-corrected chi connectivity index (χ3v) is 5.12. The Hall–Kier alpha value is -2.93. The van der Waals surface area contributed by atoms with Gasteiger partial charge in [-0.05, 0) is 74.7 Å². The van der Waals surface area contributed by atoms with Crippen LogP contribution in [0.5, 0.6) is 5.88 Å². The van der Waals surface area contributed by atoms with Gasteiger partial charge < -0.3 is 10.1 Å². The number of carbonyl (C=O) groups excluding carboxylic acids is 1. The summed E-state index contributed by atoms with van der Waals surface area (Å²) in [6, 6.07) is 14.1. The largest absolute Gasteiger partial charge is 0.463 e. The van der Waals surface area contributed by atoms with E-state index in [1.54, 1.807) is 6.92 Å². The zero-order valence-electron chi connectivity index (χ0n) is 16.7. The number of ether oxygens (including phenoxy) is 1. The summed E-state index contributed by atoms with van der Waals surface area (Å²) in [5.41, 5.74) is 4.19. The summed E-state index contributed by atoms with van der Waals surface area (Å²) in [6.07, 6.45) is -0.795. The number of carbonyl (C=O) groups is 1. The van der Waals surface area contributed by atoms with Gasteiger partial charge in [0.15, 0.2) is 6.10 Å². The molecule has 0 bridgehead atoms. The molecule has 3 aromatic rings. The highest BCUT2D eigenvalue weighted by Crippen LogP contribution is 2.20. The lowest BCUT2D eigenvalue weighted by atomic mass is 10.1. The van der Waals surface area contributed by atoms with Crippen LogP contribution in [0.3, 0.4) is 0 Å². The van der Waals surface area contributed by atoms with Crippen LogP contribution in [0.1, 0.15) is 23.6 Å². The van der Waals surface area contributed by atoms with Crippen LogP contribution in [0, 0.1) is 20.8 Å². The van der Waals surface area contributed by atoms with Gasteiger partial charge in [-0.1, -0.05) is 22.0 Å². The molecule has 0 saturated heterocycles. The number of hydrogen-bond acceptors (Lipinski definition) is 4. The molecule has 1 atom stereocenters. The van der Waals surface area contributed by atoms with E-state index in [-0.39, 0.29) is 17.3 Å². The van der Waals surface area contributed by atoms with Gasteiger partial charge in [-0.3, -0.25) is 9.59 Å². The van der Waals surface area contributed by atoms with Crippen LogP contribution >= 0.6 is 15.9 Å². The molecule has 7 heteroatoms. The number of aryl methyl sites for hydroxylation is 3. The fourth-order valence-electron chi connectivity index (χ4n) is 2.74. The lowest BCUT2D eigenvalue weighted by Gasteiger charge is -2.16. The minimum Gasteiger partial charge on any atom is -0.463 e. The average Bonchev–Trinajstić information content (AvgIpc) is 2.67. The molecule has 0 aliphatic rings. The van der Waals surface area contributed by atoms with Gasteiger partial charge in [0.1, 0.15) is 0 Å². The second-order valence-electron chi connectivity index (χ2n) is 6.90. The van der Waals surface area contributed by atoms with Gasteiger partial charge >= 0.3 is 0 Å². The number of nitrogens with zero attached hydrogens (tertiary/aromatic N) is 2. The van der Waals surface area contributed by atoms with Gasteiger partial charge in [-0.2, -0.15) is 4.68 Å². The lowest BCUT2D eigenvalue weighted by Crippen LogP contribution is -2.31. The molecule has 6 nitrogen and oxygen atoms in total. The molecule has 150 valence electrons. The zero-order valence-corrected chi connectivity index (χ0v) is 18.3. The molecule has 1 heterocycles. The molecule has 0 aliphatic carbocycles. The molecule has 0 fully saturated rings. The highest BCUT2D eigenvalue weighted by atomic mass is 79.9. The summed E-state index contributed by atoms with van der Waals surface area (Å²) in [7, 11) is 0. The van der Waals surface area contributed by atoms with Crippen molar-refractivity contribution in [1.82, 2.24) is 9.78 Å². The van der Waals surface area contributed by atoms with E-state index in [9.17, 15) is 9.59 Å².